The number of nitrogens with one attached hydrogen (secondary N) is 2. The van der Waals surface area contributed by atoms with E-state index in [4.69, 9.17) is 9.15 Å². The summed E-state index contributed by atoms with van der Waals surface area (Å²) in [6.07, 6.45) is 4.62. The maximum absolute atomic E-state index is 13.3. The summed E-state index contributed by atoms with van der Waals surface area (Å²) >= 11 is 0. The van der Waals surface area contributed by atoms with Gasteiger partial charge in [0.2, 0.25) is 11.7 Å². The summed E-state index contributed by atoms with van der Waals surface area (Å²) in [5.74, 6) is -1.25. The molecule has 0 radical (unpaired) electrons. The minimum Gasteiger partial charge on any atom is -0.434 e. The molecule has 1 amide bonds. The number of benzene rings is 1. The molecule has 1 aliphatic carbocycles. The molecule has 2 aromatic rings. The van der Waals surface area contributed by atoms with Gasteiger partial charge in [-0.2, -0.15) is 0 Å². The fraction of sp³-hybridized carbons (Fsp3) is 0.625. The number of sulfone groups is 1. The molecule has 4 rings (SSSR count). The lowest BCUT2D eigenvalue weighted by molar-refractivity contribution is -0.123. The zero-order chi connectivity index (χ0) is 24.1. The van der Waals surface area contributed by atoms with Crippen molar-refractivity contribution in [2.45, 2.75) is 75.2 Å². The molecule has 1 unspecified atom stereocenters. The van der Waals surface area contributed by atoms with Gasteiger partial charge < -0.3 is 19.8 Å². The summed E-state index contributed by atoms with van der Waals surface area (Å²) < 4.78 is 36.8. The minimum absolute atomic E-state index is 0.0153. The summed E-state index contributed by atoms with van der Waals surface area (Å²) in [6, 6.07) is 5.27. The molecule has 1 aromatic carbocycles. The van der Waals surface area contributed by atoms with Crippen molar-refractivity contribution in [3.8, 4) is 0 Å². The molecule has 9 nitrogen and oxygen atoms in total. The average molecular weight is 492 g/mol. The van der Waals surface area contributed by atoms with Crippen LogP contribution in [0.1, 0.15) is 62.6 Å². The first kappa shape index (κ1) is 24.8. The lowest BCUT2D eigenvalue weighted by Crippen LogP contribution is -2.56. The van der Waals surface area contributed by atoms with E-state index >= 15 is 0 Å². The number of carbonyl (C=O) groups excluding carboxylic acids is 2. The number of hydrogen-bond donors (Lipinski definition) is 2. The number of aromatic nitrogens is 1. The average Bonchev–Trinajstić information content (AvgIpc) is 3.21. The van der Waals surface area contributed by atoms with Crippen LogP contribution < -0.4 is 10.6 Å². The van der Waals surface area contributed by atoms with Crippen LogP contribution in [0.15, 0.2) is 28.7 Å². The van der Waals surface area contributed by atoms with Crippen molar-refractivity contribution in [1.82, 2.24) is 15.6 Å². The number of hydrogen-bond acceptors (Lipinski definition) is 8. The highest BCUT2D eigenvalue weighted by Gasteiger charge is 2.37. The number of carbonyl (C=O) groups is 2. The molecule has 2 N–H and O–H groups in total. The molecule has 2 atom stereocenters. The molecular formula is C24H33N3O6S. The maximum atomic E-state index is 13.3. The lowest BCUT2D eigenvalue weighted by Gasteiger charge is -2.31. The van der Waals surface area contributed by atoms with E-state index in [1.54, 1.807) is 24.3 Å². The van der Waals surface area contributed by atoms with E-state index in [0.29, 0.717) is 62.8 Å². The quantitative estimate of drug-likeness (QED) is 0.459. The number of ether oxygens (including phenoxy) is 1. The van der Waals surface area contributed by atoms with E-state index in [1.165, 1.54) is 0 Å². The molecule has 34 heavy (non-hydrogen) atoms. The Labute approximate surface area is 199 Å². The number of Topliss-reactive ketones (excluding diaryl/α,β-unsaturated/α-hetero) is 1. The van der Waals surface area contributed by atoms with E-state index in [1.807, 2.05) is 6.92 Å². The molecule has 1 aromatic heterocycles. The molecule has 1 saturated heterocycles. The molecule has 0 spiro atoms. The first-order valence-corrected chi connectivity index (χ1v) is 13.8. The van der Waals surface area contributed by atoms with Crippen molar-refractivity contribution < 1.29 is 27.2 Å². The Bertz CT molecular complexity index is 1070. The number of amides is 1. The Morgan fingerprint density at radius 3 is 2.50 bits per heavy atom. The van der Waals surface area contributed by atoms with Gasteiger partial charge in [-0.3, -0.25) is 9.59 Å². The summed E-state index contributed by atoms with van der Waals surface area (Å²) in [5, 5.41) is 5.66. The predicted molar refractivity (Wildman–Crippen MR) is 127 cm³/mol. The SMILES string of the molecule is CCC[C@H](NC(=O)C(CS(=O)(=O)C1CCC1)NC1CCOCC1)C(=O)c1nc2ccccc2o1. The molecular weight excluding hydrogens is 458 g/mol. The third-order valence-electron chi connectivity index (χ3n) is 6.65. The molecule has 1 aliphatic heterocycles. The fourth-order valence-electron chi connectivity index (χ4n) is 4.40. The Kier molecular flexibility index (Phi) is 8.00. The van der Waals surface area contributed by atoms with Crippen molar-refractivity contribution in [2.75, 3.05) is 19.0 Å². The van der Waals surface area contributed by atoms with Crippen LogP contribution in [-0.2, 0) is 19.4 Å². The number of oxazole rings is 1. The van der Waals surface area contributed by atoms with E-state index in [2.05, 4.69) is 15.6 Å². The Morgan fingerprint density at radius 2 is 1.85 bits per heavy atom. The number of ketones is 1. The van der Waals surface area contributed by atoms with Gasteiger partial charge in [-0.15, -0.1) is 0 Å². The zero-order valence-corrected chi connectivity index (χ0v) is 20.3. The van der Waals surface area contributed by atoms with Gasteiger partial charge in [0.1, 0.15) is 11.6 Å². The fourth-order valence-corrected chi connectivity index (χ4v) is 6.44. The largest absolute Gasteiger partial charge is 0.434 e. The Morgan fingerprint density at radius 1 is 1.12 bits per heavy atom. The van der Waals surface area contributed by atoms with Crippen molar-refractivity contribution in [1.29, 1.82) is 0 Å². The van der Waals surface area contributed by atoms with Crippen molar-refractivity contribution in [2.24, 2.45) is 0 Å². The minimum atomic E-state index is -3.43. The van der Waals surface area contributed by atoms with Crippen LogP contribution in [0.3, 0.4) is 0 Å². The van der Waals surface area contributed by atoms with Crippen molar-refractivity contribution >= 4 is 32.6 Å². The monoisotopic (exact) mass is 491 g/mol. The van der Waals surface area contributed by atoms with Gasteiger partial charge in [0.05, 0.1) is 17.0 Å². The van der Waals surface area contributed by atoms with Crippen LogP contribution >= 0.6 is 0 Å². The van der Waals surface area contributed by atoms with Gasteiger partial charge in [0.15, 0.2) is 15.4 Å². The number of para-hydroxylation sites is 2. The molecule has 186 valence electrons. The lowest BCUT2D eigenvalue weighted by atomic mass is 10.00. The number of nitrogens with zero attached hydrogens (tertiary/aromatic N) is 1. The van der Waals surface area contributed by atoms with E-state index < -0.39 is 33.6 Å². The third kappa shape index (κ3) is 5.84. The van der Waals surface area contributed by atoms with Crippen LogP contribution in [0.4, 0.5) is 0 Å². The summed E-state index contributed by atoms with van der Waals surface area (Å²) in [7, 11) is -3.43. The molecule has 2 aliphatic rings. The van der Waals surface area contributed by atoms with E-state index in [0.717, 1.165) is 6.42 Å². The first-order chi connectivity index (χ1) is 16.4. The van der Waals surface area contributed by atoms with E-state index in [9.17, 15) is 18.0 Å². The molecule has 2 fully saturated rings. The highest BCUT2D eigenvalue weighted by atomic mass is 32.2. The summed E-state index contributed by atoms with van der Waals surface area (Å²) in [6.45, 7) is 3.05. The van der Waals surface area contributed by atoms with Crippen LogP contribution in [0.2, 0.25) is 0 Å². The van der Waals surface area contributed by atoms with Crippen LogP contribution in [0.5, 0.6) is 0 Å². The predicted octanol–water partition coefficient (Wildman–Crippen LogP) is 2.40. The molecule has 2 heterocycles. The number of rotatable bonds is 11. The van der Waals surface area contributed by atoms with Crippen LogP contribution in [0.25, 0.3) is 11.1 Å². The van der Waals surface area contributed by atoms with Crippen LogP contribution in [-0.4, -0.2) is 67.4 Å². The maximum Gasteiger partial charge on any atom is 0.266 e. The van der Waals surface area contributed by atoms with Crippen LogP contribution in [0, 0.1) is 0 Å². The smallest absolute Gasteiger partial charge is 0.266 e. The molecule has 10 heteroatoms. The molecule has 0 bridgehead atoms. The van der Waals surface area contributed by atoms with Crippen molar-refractivity contribution in [3.63, 3.8) is 0 Å². The first-order valence-electron chi connectivity index (χ1n) is 12.1. The number of fused-ring (bicyclic) bond motifs is 1. The van der Waals surface area contributed by atoms with E-state index in [-0.39, 0.29) is 22.9 Å². The molecule has 1 saturated carbocycles. The second-order valence-electron chi connectivity index (χ2n) is 9.19. The summed E-state index contributed by atoms with van der Waals surface area (Å²) in [4.78, 5) is 30.8. The topological polar surface area (TPSA) is 128 Å². The zero-order valence-electron chi connectivity index (χ0n) is 19.5. The highest BCUT2D eigenvalue weighted by Crippen LogP contribution is 2.27. The van der Waals surface area contributed by atoms with Gasteiger partial charge in [-0.25, -0.2) is 13.4 Å². The summed E-state index contributed by atoms with van der Waals surface area (Å²) in [5.41, 5.74) is 1.07. The van der Waals surface area contributed by atoms with Gasteiger partial charge >= 0.3 is 0 Å². The Balaban J connectivity index is 1.50. The third-order valence-corrected chi connectivity index (χ3v) is 8.93. The Hall–Kier alpha value is -2.30. The second kappa shape index (κ2) is 11.0. The van der Waals surface area contributed by atoms with Crippen molar-refractivity contribution in [3.05, 3.63) is 30.2 Å². The van der Waals surface area contributed by atoms with Gasteiger partial charge in [-0.1, -0.05) is 31.9 Å². The van der Waals surface area contributed by atoms with Gasteiger partial charge in [-0.05, 0) is 44.2 Å². The standard InChI is InChI=1S/C24H33N3O6S/c1-2-6-19(22(28)24-27-18-9-3-4-10-21(18)33-24)26-23(29)20(25-16-11-13-32-14-12-16)15-34(30,31)17-7-5-8-17/h3-4,9-10,16-17,19-20,25H,2,5-8,11-15H2,1H3,(H,26,29)/t19-,20?/m0/s1. The van der Waals surface area contributed by atoms with Gasteiger partial charge in [0.25, 0.3) is 5.89 Å². The second-order valence-corrected chi connectivity index (χ2v) is 11.5. The normalized spacial score (nSPS) is 19.4. The highest BCUT2D eigenvalue weighted by molar-refractivity contribution is 7.92. The van der Waals surface area contributed by atoms with Gasteiger partial charge in [0, 0.05) is 19.3 Å².